The zero-order valence-corrected chi connectivity index (χ0v) is 14.2. The molecule has 1 unspecified atom stereocenters. The highest BCUT2D eigenvalue weighted by atomic mass is 16.5. The van der Waals surface area contributed by atoms with Crippen LogP contribution in [0.25, 0.3) is 10.4 Å². The van der Waals surface area contributed by atoms with Crippen molar-refractivity contribution in [2.75, 3.05) is 6.61 Å². The smallest absolute Gasteiger partial charge is 0.0720 e. The van der Waals surface area contributed by atoms with E-state index in [1.807, 2.05) is 36.4 Å². The zero-order chi connectivity index (χ0) is 17.3. The van der Waals surface area contributed by atoms with Crippen molar-refractivity contribution in [3.05, 3.63) is 82.2 Å². The summed E-state index contributed by atoms with van der Waals surface area (Å²) in [5.74, 6) is 0.253. The summed E-state index contributed by atoms with van der Waals surface area (Å²) in [5.41, 5.74) is 11.0. The first kappa shape index (κ1) is 17.5. The number of rotatable bonds is 8. The first-order valence-electron chi connectivity index (χ1n) is 8.66. The maximum atomic E-state index is 8.72. The Kier molecular flexibility index (Phi) is 6.46. The Balaban J connectivity index is 1.53. The number of hydrogen-bond donors (Lipinski definition) is 0. The third-order valence-electron chi connectivity index (χ3n) is 4.57. The number of benzene rings is 2. The molecule has 0 saturated heterocycles. The van der Waals surface area contributed by atoms with Gasteiger partial charge in [-0.15, -0.1) is 0 Å². The highest BCUT2D eigenvalue weighted by Crippen LogP contribution is 2.32. The molecule has 5 nitrogen and oxygen atoms in total. The maximum Gasteiger partial charge on any atom is 0.0720 e. The monoisotopic (exact) mass is 337 g/mol. The molecular weight excluding hydrogens is 314 g/mol. The fourth-order valence-electron chi connectivity index (χ4n) is 3.28. The van der Waals surface area contributed by atoms with Gasteiger partial charge in [-0.2, -0.15) is 0 Å². The molecule has 0 bridgehead atoms. The molecule has 0 amide bonds. The lowest BCUT2D eigenvalue weighted by Gasteiger charge is -2.20. The Morgan fingerprint density at radius 3 is 2.20 bits per heavy atom. The topological polar surface area (TPSA) is 67.2 Å². The van der Waals surface area contributed by atoms with Crippen LogP contribution < -0.4 is 0 Å². The predicted octanol–water partition coefficient (Wildman–Crippen LogP) is 4.88. The van der Waals surface area contributed by atoms with Gasteiger partial charge in [0.1, 0.15) is 0 Å². The Morgan fingerprint density at radius 1 is 0.920 bits per heavy atom. The van der Waals surface area contributed by atoms with E-state index in [0.717, 1.165) is 24.0 Å². The lowest BCUT2D eigenvalue weighted by molar-refractivity contribution is -0.0188. The maximum absolute atomic E-state index is 8.72. The summed E-state index contributed by atoms with van der Waals surface area (Å²) in [6.45, 7) is 1.78. The lowest BCUT2D eigenvalue weighted by atomic mass is 10.1. The SMILES string of the molecule is [N-]=[N+]=NC1C[C@H](COCc2ccccc2)[C@@H](OCc2ccccc2)C1. The number of azide groups is 1. The van der Waals surface area contributed by atoms with E-state index < -0.39 is 0 Å². The number of nitrogens with zero attached hydrogens (tertiary/aromatic N) is 3. The van der Waals surface area contributed by atoms with Crippen molar-refractivity contribution in [2.24, 2.45) is 11.0 Å². The van der Waals surface area contributed by atoms with Crippen LogP contribution in [0.3, 0.4) is 0 Å². The van der Waals surface area contributed by atoms with Crippen LogP contribution in [0, 0.1) is 5.92 Å². The molecule has 2 aromatic rings. The van der Waals surface area contributed by atoms with Gasteiger partial charge in [0.05, 0.1) is 25.9 Å². The van der Waals surface area contributed by atoms with E-state index in [4.69, 9.17) is 15.0 Å². The second-order valence-corrected chi connectivity index (χ2v) is 6.43. The molecule has 0 aromatic heterocycles. The van der Waals surface area contributed by atoms with Crippen LogP contribution in [0.1, 0.15) is 24.0 Å². The van der Waals surface area contributed by atoms with E-state index in [2.05, 4.69) is 34.3 Å². The minimum absolute atomic E-state index is 0.00361. The van der Waals surface area contributed by atoms with Crippen LogP contribution >= 0.6 is 0 Å². The Labute approximate surface area is 148 Å². The van der Waals surface area contributed by atoms with Gasteiger partial charge in [-0.05, 0) is 29.5 Å². The van der Waals surface area contributed by atoms with Gasteiger partial charge in [0.25, 0.3) is 0 Å². The Bertz CT molecular complexity index is 687. The Hall–Kier alpha value is -2.33. The van der Waals surface area contributed by atoms with E-state index in [1.165, 1.54) is 0 Å². The molecular formula is C20H23N3O2. The Morgan fingerprint density at radius 2 is 1.56 bits per heavy atom. The highest BCUT2D eigenvalue weighted by Gasteiger charge is 2.34. The quantitative estimate of drug-likeness (QED) is 0.391. The van der Waals surface area contributed by atoms with Crippen LogP contribution in [0.2, 0.25) is 0 Å². The molecule has 1 fully saturated rings. The third kappa shape index (κ3) is 5.33. The summed E-state index contributed by atoms with van der Waals surface area (Å²) in [4.78, 5) is 2.96. The van der Waals surface area contributed by atoms with Gasteiger partial charge in [0, 0.05) is 16.9 Å². The second kappa shape index (κ2) is 9.23. The summed E-state index contributed by atoms with van der Waals surface area (Å²) < 4.78 is 12.0. The van der Waals surface area contributed by atoms with Gasteiger partial charge in [0.15, 0.2) is 0 Å². The minimum atomic E-state index is -0.00361. The van der Waals surface area contributed by atoms with Crippen molar-refractivity contribution in [1.29, 1.82) is 0 Å². The first-order valence-corrected chi connectivity index (χ1v) is 8.66. The first-order chi connectivity index (χ1) is 12.3. The molecule has 1 aliphatic rings. The van der Waals surface area contributed by atoms with E-state index in [9.17, 15) is 0 Å². The zero-order valence-electron chi connectivity index (χ0n) is 14.2. The molecule has 3 rings (SSSR count). The van der Waals surface area contributed by atoms with Crippen LogP contribution in [-0.2, 0) is 22.7 Å². The van der Waals surface area contributed by atoms with Crippen molar-refractivity contribution >= 4 is 0 Å². The molecule has 5 heteroatoms. The van der Waals surface area contributed by atoms with E-state index in [1.54, 1.807) is 0 Å². The molecule has 0 aliphatic heterocycles. The summed E-state index contributed by atoms with van der Waals surface area (Å²) in [7, 11) is 0. The molecule has 1 aliphatic carbocycles. The molecule has 0 spiro atoms. The van der Waals surface area contributed by atoms with E-state index in [0.29, 0.717) is 19.8 Å². The van der Waals surface area contributed by atoms with Gasteiger partial charge in [-0.25, -0.2) is 0 Å². The average molecular weight is 337 g/mol. The fourth-order valence-corrected chi connectivity index (χ4v) is 3.28. The van der Waals surface area contributed by atoms with Gasteiger partial charge in [0.2, 0.25) is 0 Å². The normalized spacial score (nSPS) is 22.5. The van der Waals surface area contributed by atoms with Crippen molar-refractivity contribution in [3.63, 3.8) is 0 Å². The lowest BCUT2D eigenvalue weighted by Crippen LogP contribution is -2.22. The van der Waals surface area contributed by atoms with Gasteiger partial charge in [-0.3, -0.25) is 0 Å². The van der Waals surface area contributed by atoms with Gasteiger partial charge < -0.3 is 9.47 Å². The van der Waals surface area contributed by atoms with Crippen LogP contribution in [0.15, 0.2) is 65.8 Å². The molecule has 0 heterocycles. The number of hydrogen-bond acceptors (Lipinski definition) is 3. The van der Waals surface area contributed by atoms with Crippen molar-refractivity contribution in [2.45, 2.75) is 38.2 Å². The highest BCUT2D eigenvalue weighted by molar-refractivity contribution is 5.14. The average Bonchev–Trinajstić information content (AvgIpc) is 3.04. The summed E-state index contributed by atoms with van der Waals surface area (Å²) in [6, 6.07) is 20.3. The van der Waals surface area contributed by atoms with Crippen LogP contribution in [0.4, 0.5) is 0 Å². The number of ether oxygens (including phenoxy) is 2. The summed E-state index contributed by atoms with van der Waals surface area (Å²) >= 11 is 0. The molecule has 3 atom stereocenters. The minimum Gasteiger partial charge on any atom is -0.376 e. The molecule has 2 aromatic carbocycles. The largest absolute Gasteiger partial charge is 0.376 e. The molecule has 0 radical (unpaired) electrons. The fraction of sp³-hybridized carbons (Fsp3) is 0.400. The van der Waals surface area contributed by atoms with Crippen molar-refractivity contribution in [3.8, 4) is 0 Å². The predicted molar refractivity (Wildman–Crippen MR) is 96.8 cm³/mol. The van der Waals surface area contributed by atoms with Crippen molar-refractivity contribution < 1.29 is 9.47 Å². The summed E-state index contributed by atoms with van der Waals surface area (Å²) in [6.07, 6.45) is 1.64. The van der Waals surface area contributed by atoms with Crippen LogP contribution in [-0.4, -0.2) is 18.8 Å². The molecule has 0 N–H and O–H groups in total. The molecule has 25 heavy (non-hydrogen) atoms. The van der Waals surface area contributed by atoms with Crippen LogP contribution in [0.5, 0.6) is 0 Å². The van der Waals surface area contributed by atoms with E-state index in [-0.39, 0.29) is 18.1 Å². The molecule has 1 saturated carbocycles. The van der Waals surface area contributed by atoms with E-state index >= 15 is 0 Å². The molecule has 130 valence electrons. The van der Waals surface area contributed by atoms with Gasteiger partial charge >= 0.3 is 0 Å². The summed E-state index contributed by atoms with van der Waals surface area (Å²) in [5, 5.41) is 3.89. The second-order valence-electron chi connectivity index (χ2n) is 6.43. The standard InChI is InChI=1S/C20H23N3O2/c21-23-22-19-11-18(15-24-13-16-7-3-1-4-8-16)20(12-19)25-14-17-9-5-2-6-10-17/h1-10,18-20H,11-15H2/t18-,19?,20+/m1/s1. The van der Waals surface area contributed by atoms with Gasteiger partial charge in [-0.1, -0.05) is 65.8 Å². The van der Waals surface area contributed by atoms with Crippen molar-refractivity contribution in [1.82, 2.24) is 0 Å². The third-order valence-corrected chi connectivity index (χ3v) is 4.57.